The maximum atomic E-state index is 11.4. The molecule has 0 radical (unpaired) electrons. The summed E-state index contributed by atoms with van der Waals surface area (Å²) in [5, 5.41) is 8.67. The van der Waals surface area contributed by atoms with Crippen molar-refractivity contribution in [3.8, 4) is 0 Å². The number of hydrogen-bond acceptors (Lipinski definition) is 3. The molecule has 2 amide bonds. The Kier molecular flexibility index (Phi) is 6.73. The van der Waals surface area contributed by atoms with Crippen LogP contribution in [0.3, 0.4) is 0 Å². The van der Waals surface area contributed by atoms with Gasteiger partial charge >= 0.3 is 0 Å². The van der Waals surface area contributed by atoms with Gasteiger partial charge in [0.05, 0.1) is 0 Å². The van der Waals surface area contributed by atoms with E-state index < -0.39 is 0 Å². The fourth-order valence-electron chi connectivity index (χ4n) is 1.63. The Labute approximate surface area is 120 Å². The minimum atomic E-state index is -0.0825. The second-order valence-electron chi connectivity index (χ2n) is 4.90. The van der Waals surface area contributed by atoms with Crippen molar-refractivity contribution in [3.63, 3.8) is 0 Å². The minimum absolute atomic E-state index is 0.0206. The smallest absolute Gasteiger partial charge is 0.251 e. The third-order valence-electron chi connectivity index (χ3n) is 2.90. The maximum Gasteiger partial charge on any atom is 0.251 e. The number of rotatable bonds is 7. The molecule has 20 heavy (non-hydrogen) atoms. The molecule has 5 heteroatoms. The summed E-state index contributed by atoms with van der Waals surface area (Å²) < 4.78 is 0. The van der Waals surface area contributed by atoms with Gasteiger partial charge in [-0.05, 0) is 17.7 Å². The molecule has 1 rings (SSSR count). The Hall–Kier alpha value is -1.88. The number of carbonyl (C=O) groups excluding carboxylic acids is 2. The molecule has 0 unspecified atom stereocenters. The van der Waals surface area contributed by atoms with Crippen molar-refractivity contribution in [2.45, 2.75) is 20.4 Å². The van der Waals surface area contributed by atoms with Gasteiger partial charge in [-0.2, -0.15) is 0 Å². The van der Waals surface area contributed by atoms with E-state index in [1.165, 1.54) is 0 Å². The Bertz CT molecular complexity index is 441. The Morgan fingerprint density at radius 2 is 1.75 bits per heavy atom. The van der Waals surface area contributed by atoms with Crippen molar-refractivity contribution in [1.82, 2.24) is 16.0 Å². The van der Waals surface area contributed by atoms with Crippen LogP contribution in [0.5, 0.6) is 0 Å². The Morgan fingerprint density at radius 1 is 1.10 bits per heavy atom. The quantitative estimate of drug-likeness (QED) is 0.649. The number of benzene rings is 1. The highest BCUT2D eigenvalue weighted by Crippen LogP contribution is 2.03. The summed E-state index contributed by atoms with van der Waals surface area (Å²) in [6.45, 7) is 5.79. The summed E-state index contributed by atoms with van der Waals surface area (Å²) in [4.78, 5) is 22.7. The molecule has 0 atom stereocenters. The summed E-state index contributed by atoms with van der Waals surface area (Å²) in [7, 11) is 1.61. The van der Waals surface area contributed by atoms with Gasteiger partial charge in [-0.15, -0.1) is 0 Å². The zero-order valence-corrected chi connectivity index (χ0v) is 12.3. The van der Waals surface area contributed by atoms with Crippen LogP contribution in [0.4, 0.5) is 0 Å². The van der Waals surface area contributed by atoms with Crippen molar-refractivity contribution >= 4 is 11.8 Å². The molecule has 0 aliphatic heterocycles. The zero-order chi connectivity index (χ0) is 15.0. The Morgan fingerprint density at radius 3 is 2.30 bits per heavy atom. The van der Waals surface area contributed by atoms with Crippen molar-refractivity contribution in [2.75, 3.05) is 20.1 Å². The molecule has 0 aliphatic carbocycles. The van der Waals surface area contributed by atoms with Gasteiger partial charge in [0.15, 0.2) is 0 Å². The first-order chi connectivity index (χ1) is 9.54. The highest BCUT2D eigenvalue weighted by atomic mass is 16.2. The average molecular weight is 277 g/mol. The van der Waals surface area contributed by atoms with Crippen molar-refractivity contribution in [3.05, 3.63) is 35.4 Å². The third kappa shape index (κ3) is 5.40. The van der Waals surface area contributed by atoms with Crippen LogP contribution in [0.1, 0.15) is 29.8 Å². The van der Waals surface area contributed by atoms with Crippen LogP contribution >= 0.6 is 0 Å². The van der Waals surface area contributed by atoms with E-state index in [9.17, 15) is 9.59 Å². The van der Waals surface area contributed by atoms with Crippen LogP contribution < -0.4 is 16.0 Å². The van der Waals surface area contributed by atoms with Crippen LogP contribution in [-0.2, 0) is 11.3 Å². The molecular weight excluding hydrogens is 254 g/mol. The Balaban J connectivity index is 2.26. The molecule has 1 aromatic carbocycles. The van der Waals surface area contributed by atoms with Crippen molar-refractivity contribution in [2.24, 2.45) is 5.92 Å². The molecule has 0 bridgehead atoms. The van der Waals surface area contributed by atoms with E-state index in [1.807, 2.05) is 26.0 Å². The fourth-order valence-corrected chi connectivity index (χ4v) is 1.63. The monoisotopic (exact) mass is 277 g/mol. The lowest BCUT2D eigenvalue weighted by molar-refractivity contribution is -0.123. The first kappa shape index (κ1) is 16.2. The van der Waals surface area contributed by atoms with E-state index >= 15 is 0 Å². The minimum Gasteiger partial charge on any atom is -0.355 e. The van der Waals surface area contributed by atoms with Gasteiger partial charge < -0.3 is 16.0 Å². The summed E-state index contributed by atoms with van der Waals surface area (Å²) in [6.07, 6.45) is 0. The maximum absolute atomic E-state index is 11.4. The third-order valence-corrected chi connectivity index (χ3v) is 2.90. The van der Waals surface area contributed by atoms with E-state index in [4.69, 9.17) is 0 Å². The van der Waals surface area contributed by atoms with Crippen LogP contribution in [0, 0.1) is 5.92 Å². The van der Waals surface area contributed by atoms with Crippen LogP contribution in [0.15, 0.2) is 24.3 Å². The zero-order valence-electron chi connectivity index (χ0n) is 12.3. The summed E-state index contributed by atoms with van der Waals surface area (Å²) in [5.74, 6) is 0.00916. The van der Waals surface area contributed by atoms with Gasteiger partial charge in [-0.1, -0.05) is 26.0 Å². The highest BCUT2D eigenvalue weighted by molar-refractivity contribution is 5.93. The lowest BCUT2D eigenvalue weighted by Gasteiger charge is -2.09. The SMILES string of the molecule is CNC(=O)c1ccc(CNCCNC(=O)C(C)C)cc1. The summed E-state index contributed by atoms with van der Waals surface area (Å²) in [5.41, 5.74) is 1.76. The van der Waals surface area contributed by atoms with Crippen LogP contribution in [0.2, 0.25) is 0 Å². The lowest BCUT2D eigenvalue weighted by Crippen LogP contribution is -2.34. The first-order valence-electron chi connectivity index (χ1n) is 6.84. The number of hydrogen-bond donors (Lipinski definition) is 3. The largest absolute Gasteiger partial charge is 0.355 e. The van der Waals surface area contributed by atoms with Crippen LogP contribution in [-0.4, -0.2) is 32.0 Å². The predicted molar refractivity (Wildman–Crippen MR) is 79.4 cm³/mol. The second-order valence-corrected chi connectivity index (χ2v) is 4.90. The molecule has 1 aromatic rings. The molecular formula is C15H23N3O2. The second kappa shape index (κ2) is 8.32. The van der Waals surface area contributed by atoms with Crippen molar-refractivity contribution in [1.29, 1.82) is 0 Å². The van der Waals surface area contributed by atoms with Gasteiger partial charge in [0.2, 0.25) is 5.91 Å². The van der Waals surface area contributed by atoms with Crippen molar-refractivity contribution < 1.29 is 9.59 Å². The van der Waals surface area contributed by atoms with Crippen LogP contribution in [0.25, 0.3) is 0 Å². The molecule has 0 spiro atoms. The van der Waals surface area contributed by atoms with Gasteiger partial charge in [0.25, 0.3) is 5.91 Å². The number of amides is 2. The number of carbonyl (C=O) groups is 2. The normalized spacial score (nSPS) is 10.4. The van der Waals surface area contributed by atoms with E-state index in [0.29, 0.717) is 18.7 Å². The number of nitrogens with one attached hydrogen (secondary N) is 3. The molecule has 5 nitrogen and oxygen atoms in total. The van der Waals surface area contributed by atoms with Gasteiger partial charge in [0, 0.05) is 38.2 Å². The van der Waals surface area contributed by atoms with Gasteiger partial charge in [-0.25, -0.2) is 0 Å². The van der Waals surface area contributed by atoms with E-state index in [2.05, 4.69) is 16.0 Å². The molecule has 0 fully saturated rings. The van der Waals surface area contributed by atoms with E-state index in [-0.39, 0.29) is 17.7 Å². The molecule has 0 heterocycles. The summed E-state index contributed by atoms with van der Waals surface area (Å²) >= 11 is 0. The molecule has 3 N–H and O–H groups in total. The topological polar surface area (TPSA) is 70.2 Å². The molecule has 0 saturated carbocycles. The highest BCUT2D eigenvalue weighted by Gasteiger charge is 2.05. The fraction of sp³-hybridized carbons (Fsp3) is 0.467. The predicted octanol–water partition coefficient (Wildman–Crippen LogP) is 0.908. The molecule has 110 valence electrons. The summed E-state index contributed by atoms with van der Waals surface area (Å²) in [6, 6.07) is 7.45. The van der Waals surface area contributed by atoms with Gasteiger partial charge in [0.1, 0.15) is 0 Å². The lowest BCUT2D eigenvalue weighted by atomic mass is 10.1. The van der Waals surface area contributed by atoms with E-state index in [0.717, 1.165) is 12.1 Å². The average Bonchev–Trinajstić information content (AvgIpc) is 2.46. The van der Waals surface area contributed by atoms with Gasteiger partial charge in [-0.3, -0.25) is 9.59 Å². The molecule has 0 saturated heterocycles. The molecule has 0 aliphatic rings. The van der Waals surface area contributed by atoms with E-state index in [1.54, 1.807) is 19.2 Å². The molecule has 0 aromatic heterocycles. The first-order valence-corrected chi connectivity index (χ1v) is 6.84. The standard InChI is InChI=1S/C15H23N3O2/c1-11(2)14(19)18-9-8-17-10-12-4-6-13(7-5-12)15(20)16-3/h4-7,11,17H,8-10H2,1-3H3,(H,16,20)(H,18,19).